The number of rotatable bonds is 5. The fourth-order valence-electron chi connectivity index (χ4n) is 5.17. The van der Waals surface area contributed by atoms with E-state index in [1.165, 1.54) is 5.56 Å². The van der Waals surface area contributed by atoms with Gasteiger partial charge in [0.25, 0.3) is 0 Å². The third-order valence-electron chi connectivity index (χ3n) is 7.23. The molecule has 4 nitrogen and oxygen atoms in total. The SMILES string of the molecule is Cc1ccc2c(c1NC(=O)Cc1ccc(C(F)(F)F)c(F)c1)CCN(C(=O)C1CC1c1ccccc1)C2. The summed E-state index contributed by atoms with van der Waals surface area (Å²) in [6.45, 7) is 2.86. The van der Waals surface area contributed by atoms with Crippen molar-refractivity contribution in [1.29, 1.82) is 0 Å². The average molecular weight is 511 g/mol. The van der Waals surface area contributed by atoms with E-state index in [2.05, 4.69) is 17.4 Å². The molecule has 37 heavy (non-hydrogen) atoms. The van der Waals surface area contributed by atoms with Crippen LogP contribution < -0.4 is 5.32 Å². The van der Waals surface area contributed by atoms with E-state index in [0.717, 1.165) is 35.2 Å². The van der Waals surface area contributed by atoms with Crippen LogP contribution in [0.3, 0.4) is 0 Å². The minimum Gasteiger partial charge on any atom is -0.338 e. The van der Waals surface area contributed by atoms with Crippen molar-refractivity contribution in [2.24, 2.45) is 5.92 Å². The molecule has 2 aliphatic rings. The lowest BCUT2D eigenvalue weighted by Gasteiger charge is -2.31. The van der Waals surface area contributed by atoms with Crippen LogP contribution >= 0.6 is 0 Å². The standard InChI is InChI=1S/C29H26F4N2O2/c1-17-7-9-20-16-35(28(37)23-15-22(23)19-5-3-2-4-6-19)12-11-21(20)27(17)34-26(36)14-18-8-10-24(25(30)13-18)29(31,32)33/h2-10,13,22-23H,11-12,14-16H2,1H3,(H,34,36). The summed E-state index contributed by atoms with van der Waals surface area (Å²) in [5.41, 5.74) is 3.38. The maximum Gasteiger partial charge on any atom is 0.419 e. The van der Waals surface area contributed by atoms with Gasteiger partial charge < -0.3 is 10.2 Å². The van der Waals surface area contributed by atoms with Crippen LogP contribution in [0, 0.1) is 18.7 Å². The minimum atomic E-state index is -4.79. The lowest BCUT2D eigenvalue weighted by atomic mass is 9.94. The lowest BCUT2D eigenvalue weighted by Crippen LogP contribution is -2.37. The number of alkyl halides is 3. The number of nitrogens with zero attached hydrogens (tertiary/aromatic N) is 1. The summed E-state index contributed by atoms with van der Waals surface area (Å²) in [4.78, 5) is 27.8. The number of nitrogens with one attached hydrogen (secondary N) is 1. The Morgan fingerprint density at radius 3 is 2.51 bits per heavy atom. The molecule has 0 bridgehead atoms. The second-order valence-electron chi connectivity index (χ2n) is 9.80. The molecular weight excluding hydrogens is 484 g/mol. The lowest BCUT2D eigenvalue weighted by molar-refractivity contribution is -0.140. The topological polar surface area (TPSA) is 49.4 Å². The van der Waals surface area contributed by atoms with E-state index < -0.39 is 23.5 Å². The number of aryl methyl sites for hydroxylation is 1. The van der Waals surface area contributed by atoms with Gasteiger partial charge in [-0.2, -0.15) is 13.2 Å². The maximum atomic E-state index is 13.9. The number of carbonyl (C=O) groups is 2. The van der Waals surface area contributed by atoms with Gasteiger partial charge in [0.15, 0.2) is 0 Å². The van der Waals surface area contributed by atoms with Gasteiger partial charge >= 0.3 is 6.18 Å². The Balaban J connectivity index is 1.26. The van der Waals surface area contributed by atoms with Crippen molar-refractivity contribution in [3.8, 4) is 0 Å². The maximum absolute atomic E-state index is 13.9. The molecule has 0 radical (unpaired) electrons. The van der Waals surface area contributed by atoms with Crippen molar-refractivity contribution in [3.63, 3.8) is 0 Å². The fraction of sp³-hybridized carbons (Fsp3) is 0.310. The molecule has 2 amide bonds. The van der Waals surface area contributed by atoms with Crippen LogP contribution in [-0.2, 0) is 35.2 Å². The molecule has 5 rings (SSSR count). The van der Waals surface area contributed by atoms with E-state index in [0.29, 0.717) is 31.3 Å². The predicted molar refractivity (Wildman–Crippen MR) is 131 cm³/mol. The zero-order chi connectivity index (χ0) is 26.3. The molecule has 3 aromatic rings. The average Bonchev–Trinajstić information content (AvgIpc) is 3.66. The Morgan fingerprint density at radius 2 is 1.81 bits per heavy atom. The van der Waals surface area contributed by atoms with Gasteiger partial charge in [-0.15, -0.1) is 0 Å². The summed E-state index contributed by atoms with van der Waals surface area (Å²) in [5.74, 6) is -1.44. The molecule has 2 unspecified atom stereocenters. The highest BCUT2D eigenvalue weighted by Gasteiger charge is 2.46. The van der Waals surface area contributed by atoms with Gasteiger partial charge in [0.05, 0.1) is 12.0 Å². The first-order valence-electron chi connectivity index (χ1n) is 12.2. The van der Waals surface area contributed by atoms with E-state index in [-0.39, 0.29) is 29.7 Å². The smallest absolute Gasteiger partial charge is 0.338 e. The van der Waals surface area contributed by atoms with Crippen LogP contribution in [-0.4, -0.2) is 23.3 Å². The number of halogens is 4. The molecule has 1 N–H and O–H groups in total. The Kier molecular flexibility index (Phi) is 6.52. The highest BCUT2D eigenvalue weighted by molar-refractivity contribution is 5.94. The molecule has 0 spiro atoms. The van der Waals surface area contributed by atoms with Crippen LogP contribution in [0.25, 0.3) is 0 Å². The highest BCUT2D eigenvalue weighted by atomic mass is 19.4. The first-order valence-corrected chi connectivity index (χ1v) is 12.2. The Bertz CT molecular complexity index is 1350. The number of amides is 2. The van der Waals surface area contributed by atoms with E-state index in [4.69, 9.17) is 0 Å². The molecule has 1 aliphatic heterocycles. The zero-order valence-electron chi connectivity index (χ0n) is 20.2. The van der Waals surface area contributed by atoms with Crippen molar-refractivity contribution in [2.75, 3.05) is 11.9 Å². The van der Waals surface area contributed by atoms with E-state index in [1.54, 1.807) is 0 Å². The van der Waals surface area contributed by atoms with Crippen molar-refractivity contribution in [1.82, 2.24) is 4.90 Å². The molecule has 8 heteroatoms. The van der Waals surface area contributed by atoms with Gasteiger partial charge in [-0.3, -0.25) is 9.59 Å². The van der Waals surface area contributed by atoms with Crippen LogP contribution in [0.15, 0.2) is 60.7 Å². The number of anilines is 1. The minimum absolute atomic E-state index is 0.00213. The Hall–Kier alpha value is -3.68. The van der Waals surface area contributed by atoms with Crippen LogP contribution in [0.4, 0.5) is 23.2 Å². The number of fused-ring (bicyclic) bond motifs is 1. The number of benzene rings is 3. The van der Waals surface area contributed by atoms with Gasteiger partial charge in [-0.1, -0.05) is 48.5 Å². The molecule has 1 heterocycles. The second kappa shape index (κ2) is 9.65. The summed E-state index contributed by atoms with van der Waals surface area (Å²) in [5, 5.41) is 2.87. The van der Waals surface area contributed by atoms with Crippen LogP contribution in [0.5, 0.6) is 0 Å². The number of carbonyl (C=O) groups excluding carboxylic acids is 2. The number of hydrogen-bond donors (Lipinski definition) is 1. The Labute approximate surface area is 212 Å². The molecule has 0 saturated heterocycles. The summed E-state index contributed by atoms with van der Waals surface area (Å²) >= 11 is 0. The molecule has 0 aromatic heterocycles. The van der Waals surface area contributed by atoms with Crippen molar-refractivity contribution < 1.29 is 27.2 Å². The molecule has 192 valence electrons. The third-order valence-corrected chi connectivity index (χ3v) is 7.23. The molecule has 3 aromatic carbocycles. The van der Waals surface area contributed by atoms with E-state index >= 15 is 0 Å². The van der Waals surface area contributed by atoms with E-state index in [9.17, 15) is 27.2 Å². The van der Waals surface area contributed by atoms with Crippen LogP contribution in [0.2, 0.25) is 0 Å². The molecular formula is C29H26F4N2O2. The van der Waals surface area contributed by atoms with Crippen molar-refractivity contribution in [2.45, 2.75) is 44.8 Å². The fourth-order valence-corrected chi connectivity index (χ4v) is 5.17. The Morgan fingerprint density at radius 1 is 1.05 bits per heavy atom. The molecule has 2 atom stereocenters. The first-order chi connectivity index (χ1) is 17.6. The van der Waals surface area contributed by atoms with Crippen molar-refractivity contribution in [3.05, 3.63) is 99.9 Å². The number of hydrogen-bond acceptors (Lipinski definition) is 2. The van der Waals surface area contributed by atoms with Crippen LogP contribution in [0.1, 0.15) is 45.7 Å². The van der Waals surface area contributed by atoms with Gasteiger partial charge in [0, 0.05) is 24.7 Å². The van der Waals surface area contributed by atoms with Gasteiger partial charge in [0.2, 0.25) is 11.8 Å². The highest BCUT2D eigenvalue weighted by Crippen LogP contribution is 2.49. The first kappa shape index (κ1) is 25.0. The van der Waals surface area contributed by atoms with E-state index in [1.807, 2.05) is 42.2 Å². The van der Waals surface area contributed by atoms with Gasteiger partial charge in [0.1, 0.15) is 5.82 Å². The largest absolute Gasteiger partial charge is 0.419 e. The summed E-state index contributed by atoms with van der Waals surface area (Å²) in [7, 11) is 0. The van der Waals surface area contributed by atoms with Crippen molar-refractivity contribution >= 4 is 17.5 Å². The molecule has 1 aliphatic carbocycles. The summed E-state index contributed by atoms with van der Waals surface area (Å²) in [6.07, 6.45) is -3.62. The normalized spacial score (nSPS) is 18.8. The zero-order valence-corrected chi connectivity index (χ0v) is 20.2. The molecule has 1 fully saturated rings. The third kappa shape index (κ3) is 5.24. The van der Waals surface area contributed by atoms with Gasteiger partial charge in [-0.05, 0) is 65.6 Å². The monoisotopic (exact) mass is 510 g/mol. The quantitative estimate of drug-likeness (QED) is 0.427. The predicted octanol–water partition coefficient (Wildman–Crippen LogP) is 6.02. The summed E-state index contributed by atoms with van der Waals surface area (Å²) < 4.78 is 52.4. The second-order valence-corrected chi connectivity index (χ2v) is 9.80. The van der Waals surface area contributed by atoms with Gasteiger partial charge in [-0.25, -0.2) is 4.39 Å². The summed E-state index contributed by atoms with van der Waals surface area (Å²) in [6, 6.07) is 16.4. The molecule has 1 saturated carbocycles.